The quantitative estimate of drug-likeness (QED) is 0.671. The Balaban J connectivity index is 1.59. The van der Waals surface area contributed by atoms with Crippen LogP contribution in [0.4, 0.5) is 0 Å². The highest BCUT2D eigenvalue weighted by Crippen LogP contribution is 2.25. The van der Waals surface area contributed by atoms with E-state index in [4.69, 9.17) is 4.74 Å². The maximum atomic E-state index is 11.9. The lowest BCUT2D eigenvalue weighted by molar-refractivity contribution is -0.126. The fraction of sp³-hybridized carbons (Fsp3) is 0.944. The van der Waals surface area contributed by atoms with Gasteiger partial charge in [0.05, 0.1) is 6.10 Å². The van der Waals surface area contributed by atoms with Crippen molar-refractivity contribution in [3.8, 4) is 0 Å². The molecule has 134 valence electrons. The number of amides is 1. The normalized spacial score (nSPS) is 27.0. The van der Waals surface area contributed by atoms with Crippen molar-refractivity contribution in [2.24, 2.45) is 0 Å². The Morgan fingerprint density at radius 3 is 2.61 bits per heavy atom. The number of carbonyl (C=O) groups excluding carboxylic acids is 1. The van der Waals surface area contributed by atoms with Crippen molar-refractivity contribution in [1.29, 1.82) is 0 Å². The van der Waals surface area contributed by atoms with E-state index in [1.165, 1.54) is 12.8 Å². The van der Waals surface area contributed by atoms with E-state index in [9.17, 15) is 9.90 Å². The number of carbonyl (C=O) groups is 1. The lowest BCUT2D eigenvalue weighted by Crippen LogP contribution is -2.52. The molecule has 1 aliphatic carbocycles. The van der Waals surface area contributed by atoms with Gasteiger partial charge in [0.1, 0.15) is 6.61 Å². The summed E-state index contributed by atoms with van der Waals surface area (Å²) in [5.74, 6) is 0.0117. The molecule has 0 spiro atoms. The number of nitrogens with one attached hydrogen (secondary N) is 1. The van der Waals surface area contributed by atoms with Gasteiger partial charge in [-0.3, -0.25) is 9.69 Å². The van der Waals surface area contributed by atoms with Crippen LogP contribution >= 0.6 is 0 Å². The van der Waals surface area contributed by atoms with Crippen LogP contribution in [0.3, 0.4) is 0 Å². The highest BCUT2D eigenvalue weighted by atomic mass is 16.5. The first kappa shape index (κ1) is 18.7. The maximum absolute atomic E-state index is 11.9. The van der Waals surface area contributed by atoms with Crippen LogP contribution in [-0.2, 0) is 9.53 Å². The molecular formula is C18H34N2O3. The molecule has 2 N–H and O–H groups in total. The third-order valence-corrected chi connectivity index (χ3v) is 5.18. The van der Waals surface area contributed by atoms with Gasteiger partial charge in [0.25, 0.3) is 0 Å². The van der Waals surface area contributed by atoms with Crippen LogP contribution in [0.1, 0.15) is 64.7 Å². The number of hydrogen-bond donors (Lipinski definition) is 2. The highest BCUT2D eigenvalue weighted by Gasteiger charge is 2.31. The fourth-order valence-corrected chi connectivity index (χ4v) is 3.78. The van der Waals surface area contributed by atoms with E-state index in [1.54, 1.807) is 0 Å². The number of aliphatic hydroxyl groups is 1. The van der Waals surface area contributed by atoms with Gasteiger partial charge in [-0.1, -0.05) is 32.6 Å². The third-order valence-electron chi connectivity index (χ3n) is 5.18. The van der Waals surface area contributed by atoms with Gasteiger partial charge in [0.15, 0.2) is 0 Å². The maximum Gasteiger partial charge on any atom is 0.246 e. The SMILES string of the molecule is CCCCCOCC(=O)NC1CCN(C2CCCCC2O)CC1. The Kier molecular flexibility index (Phi) is 8.34. The van der Waals surface area contributed by atoms with E-state index < -0.39 is 0 Å². The van der Waals surface area contributed by atoms with Crippen LogP contribution in [0.25, 0.3) is 0 Å². The molecular weight excluding hydrogens is 292 g/mol. The molecule has 1 amide bonds. The van der Waals surface area contributed by atoms with Crippen LogP contribution in [0.2, 0.25) is 0 Å². The summed E-state index contributed by atoms with van der Waals surface area (Å²) < 4.78 is 5.41. The highest BCUT2D eigenvalue weighted by molar-refractivity contribution is 5.77. The molecule has 0 aromatic carbocycles. The number of ether oxygens (including phenoxy) is 1. The molecule has 5 nitrogen and oxygen atoms in total. The van der Waals surface area contributed by atoms with Crippen molar-refractivity contribution in [1.82, 2.24) is 10.2 Å². The first-order valence-electron chi connectivity index (χ1n) is 9.50. The Morgan fingerprint density at radius 2 is 1.91 bits per heavy atom. The van der Waals surface area contributed by atoms with Crippen LogP contribution in [-0.4, -0.2) is 60.4 Å². The van der Waals surface area contributed by atoms with Crippen molar-refractivity contribution in [2.45, 2.75) is 82.9 Å². The molecule has 2 rings (SSSR count). The molecule has 23 heavy (non-hydrogen) atoms. The number of likely N-dealkylation sites (tertiary alicyclic amines) is 1. The average molecular weight is 326 g/mol. The largest absolute Gasteiger partial charge is 0.391 e. The Labute approximate surface area is 140 Å². The van der Waals surface area contributed by atoms with Gasteiger partial charge in [0, 0.05) is 31.8 Å². The molecule has 2 atom stereocenters. The van der Waals surface area contributed by atoms with Gasteiger partial charge in [-0.05, 0) is 32.1 Å². The monoisotopic (exact) mass is 326 g/mol. The summed E-state index contributed by atoms with van der Waals surface area (Å²) in [5, 5.41) is 13.3. The first-order valence-corrected chi connectivity index (χ1v) is 9.50. The van der Waals surface area contributed by atoms with Crippen LogP contribution in [0, 0.1) is 0 Å². The van der Waals surface area contributed by atoms with Gasteiger partial charge < -0.3 is 15.2 Å². The van der Waals surface area contributed by atoms with Gasteiger partial charge in [0.2, 0.25) is 5.91 Å². The van der Waals surface area contributed by atoms with E-state index in [-0.39, 0.29) is 24.7 Å². The van der Waals surface area contributed by atoms with Crippen molar-refractivity contribution < 1.29 is 14.6 Å². The number of nitrogens with zero attached hydrogens (tertiary/aromatic N) is 1. The molecule has 1 heterocycles. The van der Waals surface area contributed by atoms with E-state index in [2.05, 4.69) is 17.1 Å². The Bertz CT molecular complexity index is 343. The summed E-state index contributed by atoms with van der Waals surface area (Å²) in [7, 11) is 0. The average Bonchev–Trinajstić information content (AvgIpc) is 2.56. The van der Waals surface area contributed by atoms with Gasteiger partial charge in [-0.25, -0.2) is 0 Å². The molecule has 0 radical (unpaired) electrons. The molecule has 2 unspecified atom stereocenters. The number of aliphatic hydroxyl groups excluding tert-OH is 1. The molecule has 2 fully saturated rings. The summed E-state index contributed by atoms with van der Waals surface area (Å²) in [6, 6.07) is 0.598. The smallest absolute Gasteiger partial charge is 0.246 e. The Hall–Kier alpha value is -0.650. The third kappa shape index (κ3) is 6.40. The van der Waals surface area contributed by atoms with Crippen LogP contribution in [0.5, 0.6) is 0 Å². The Morgan fingerprint density at radius 1 is 1.17 bits per heavy atom. The second-order valence-corrected chi connectivity index (χ2v) is 7.06. The van der Waals surface area contributed by atoms with E-state index in [0.29, 0.717) is 12.6 Å². The molecule has 5 heteroatoms. The minimum Gasteiger partial charge on any atom is -0.391 e. The molecule has 1 aliphatic heterocycles. The molecule has 0 bridgehead atoms. The molecule has 0 aromatic heterocycles. The van der Waals surface area contributed by atoms with E-state index >= 15 is 0 Å². The summed E-state index contributed by atoms with van der Waals surface area (Å²) >= 11 is 0. The lowest BCUT2D eigenvalue weighted by Gasteiger charge is -2.41. The summed E-state index contributed by atoms with van der Waals surface area (Å²) in [6.07, 6.45) is 9.60. The predicted molar refractivity (Wildman–Crippen MR) is 91.3 cm³/mol. The van der Waals surface area contributed by atoms with Crippen LogP contribution in [0.15, 0.2) is 0 Å². The molecule has 0 aromatic rings. The summed E-state index contributed by atoms with van der Waals surface area (Å²) in [6.45, 7) is 4.98. The van der Waals surface area contributed by atoms with Crippen molar-refractivity contribution >= 4 is 5.91 Å². The number of unbranched alkanes of at least 4 members (excludes halogenated alkanes) is 2. The van der Waals surface area contributed by atoms with Crippen molar-refractivity contribution in [3.05, 3.63) is 0 Å². The van der Waals surface area contributed by atoms with Gasteiger partial charge in [-0.15, -0.1) is 0 Å². The molecule has 2 aliphatic rings. The number of hydrogen-bond acceptors (Lipinski definition) is 4. The number of piperidine rings is 1. The topological polar surface area (TPSA) is 61.8 Å². The minimum atomic E-state index is -0.161. The lowest BCUT2D eigenvalue weighted by atomic mass is 9.89. The molecule has 1 saturated heterocycles. The van der Waals surface area contributed by atoms with E-state index in [0.717, 1.165) is 58.0 Å². The second-order valence-electron chi connectivity index (χ2n) is 7.06. The van der Waals surface area contributed by atoms with Gasteiger partial charge >= 0.3 is 0 Å². The van der Waals surface area contributed by atoms with E-state index in [1.807, 2.05) is 0 Å². The van der Waals surface area contributed by atoms with Gasteiger partial charge in [-0.2, -0.15) is 0 Å². The van der Waals surface area contributed by atoms with Crippen LogP contribution < -0.4 is 5.32 Å². The summed E-state index contributed by atoms with van der Waals surface area (Å²) in [4.78, 5) is 14.3. The standard InChI is InChI=1S/C18H34N2O3/c1-2-3-6-13-23-14-18(22)19-15-9-11-20(12-10-15)16-7-4-5-8-17(16)21/h15-17,21H,2-14H2,1H3,(H,19,22). The summed E-state index contributed by atoms with van der Waals surface area (Å²) in [5.41, 5.74) is 0. The predicted octanol–water partition coefficient (Wildman–Crippen LogP) is 2.08. The molecule has 1 saturated carbocycles. The van der Waals surface area contributed by atoms with Crippen molar-refractivity contribution in [2.75, 3.05) is 26.3 Å². The zero-order valence-corrected chi connectivity index (χ0v) is 14.6. The number of rotatable bonds is 8. The first-order chi connectivity index (χ1) is 11.2. The zero-order chi connectivity index (χ0) is 16.5. The fourth-order valence-electron chi connectivity index (χ4n) is 3.78. The van der Waals surface area contributed by atoms with Crippen molar-refractivity contribution in [3.63, 3.8) is 0 Å². The second kappa shape index (κ2) is 10.3. The minimum absolute atomic E-state index is 0.0117. The zero-order valence-electron chi connectivity index (χ0n) is 14.6.